The van der Waals surface area contributed by atoms with Crippen LogP contribution in [0.3, 0.4) is 0 Å². The monoisotopic (exact) mass is 408 g/mol. The molecule has 2 aromatic rings. The van der Waals surface area contributed by atoms with Crippen LogP contribution in [-0.4, -0.2) is 28.6 Å². The molecular weight excluding hydrogens is 385 g/mol. The van der Waals surface area contributed by atoms with E-state index in [0.29, 0.717) is 17.0 Å². The fourth-order valence-corrected chi connectivity index (χ4v) is 2.93. The maximum atomic E-state index is 13.4. The van der Waals surface area contributed by atoms with Crippen LogP contribution in [0.4, 0.5) is 13.2 Å². The van der Waals surface area contributed by atoms with Gasteiger partial charge in [-0.05, 0) is 45.9 Å². The number of para-hydroxylation sites is 1. The highest BCUT2D eigenvalue weighted by Crippen LogP contribution is 2.35. The predicted molar refractivity (Wildman–Crippen MR) is 104 cm³/mol. The van der Waals surface area contributed by atoms with E-state index in [4.69, 9.17) is 0 Å². The number of carbonyl (C=O) groups is 2. The van der Waals surface area contributed by atoms with Gasteiger partial charge in [-0.3, -0.25) is 9.59 Å². The van der Waals surface area contributed by atoms with E-state index < -0.39 is 23.6 Å². The van der Waals surface area contributed by atoms with Crippen molar-refractivity contribution in [2.24, 2.45) is 5.10 Å². The van der Waals surface area contributed by atoms with Gasteiger partial charge in [0.2, 0.25) is 11.8 Å². The zero-order valence-corrected chi connectivity index (χ0v) is 16.6. The van der Waals surface area contributed by atoms with Gasteiger partial charge in [-0.2, -0.15) is 18.3 Å². The number of aromatic nitrogens is 1. The number of rotatable bonds is 6. The van der Waals surface area contributed by atoms with Gasteiger partial charge in [-0.15, -0.1) is 0 Å². The van der Waals surface area contributed by atoms with Crippen molar-refractivity contribution >= 4 is 18.0 Å². The molecule has 0 saturated carbocycles. The summed E-state index contributed by atoms with van der Waals surface area (Å²) in [4.78, 5) is 23.3. The summed E-state index contributed by atoms with van der Waals surface area (Å²) in [5, 5.41) is 6.40. The van der Waals surface area contributed by atoms with Crippen LogP contribution in [0.5, 0.6) is 0 Å². The molecule has 2 N–H and O–H groups in total. The van der Waals surface area contributed by atoms with Crippen LogP contribution in [-0.2, 0) is 15.8 Å². The lowest BCUT2D eigenvalue weighted by Crippen LogP contribution is -2.34. The van der Waals surface area contributed by atoms with E-state index in [1.54, 1.807) is 39.8 Å². The molecule has 0 atom stereocenters. The highest BCUT2D eigenvalue weighted by molar-refractivity contribution is 5.97. The van der Waals surface area contributed by atoms with Crippen LogP contribution >= 0.6 is 0 Å². The molecule has 9 heteroatoms. The third kappa shape index (κ3) is 5.69. The minimum atomic E-state index is -4.49. The first kappa shape index (κ1) is 22.2. The molecule has 1 aromatic carbocycles. The van der Waals surface area contributed by atoms with Gasteiger partial charge in [0.15, 0.2) is 0 Å². The van der Waals surface area contributed by atoms with E-state index >= 15 is 0 Å². The third-order valence-electron chi connectivity index (χ3n) is 4.08. The Balaban J connectivity index is 2.20. The molecule has 1 aromatic heterocycles. The Morgan fingerprint density at radius 2 is 1.83 bits per heavy atom. The molecule has 0 aliphatic carbocycles. The van der Waals surface area contributed by atoms with Crippen LogP contribution < -0.4 is 10.7 Å². The first-order valence-corrected chi connectivity index (χ1v) is 8.97. The van der Waals surface area contributed by atoms with Crippen LogP contribution in [0.15, 0.2) is 35.4 Å². The molecule has 6 nitrogen and oxygen atoms in total. The average molecular weight is 408 g/mol. The average Bonchev–Trinajstić information content (AvgIpc) is 2.87. The minimum absolute atomic E-state index is 0.0176. The number of carbonyl (C=O) groups excluding carboxylic acids is 2. The van der Waals surface area contributed by atoms with Crippen molar-refractivity contribution < 1.29 is 22.8 Å². The molecule has 0 bridgehead atoms. The number of nitrogens with one attached hydrogen (secondary N) is 2. The van der Waals surface area contributed by atoms with Gasteiger partial charge < -0.3 is 9.88 Å². The highest BCUT2D eigenvalue weighted by atomic mass is 19.4. The van der Waals surface area contributed by atoms with Gasteiger partial charge in [-0.25, -0.2) is 5.43 Å². The molecule has 156 valence electrons. The minimum Gasteiger partial charge on any atom is -0.353 e. The van der Waals surface area contributed by atoms with Crippen molar-refractivity contribution in [3.63, 3.8) is 0 Å². The van der Waals surface area contributed by atoms with Crippen molar-refractivity contribution in [2.75, 3.05) is 0 Å². The predicted octanol–water partition coefficient (Wildman–Crippen LogP) is 3.48. The van der Waals surface area contributed by atoms with Crippen molar-refractivity contribution in [3.8, 4) is 5.69 Å². The van der Waals surface area contributed by atoms with Crippen molar-refractivity contribution in [1.82, 2.24) is 15.3 Å². The summed E-state index contributed by atoms with van der Waals surface area (Å²) in [7, 11) is 0. The van der Waals surface area contributed by atoms with Crippen molar-refractivity contribution in [3.05, 3.63) is 52.8 Å². The number of halogens is 3. The van der Waals surface area contributed by atoms with E-state index in [-0.39, 0.29) is 18.2 Å². The Morgan fingerprint density at radius 1 is 1.17 bits per heavy atom. The number of aryl methyl sites for hydroxylation is 1. The lowest BCUT2D eigenvalue weighted by atomic mass is 10.1. The lowest BCUT2D eigenvalue weighted by molar-refractivity contribution is -0.137. The number of hydrogen-bond acceptors (Lipinski definition) is 3. The van der Waals surface area contributed by atoms with Crippen molar-refractivity contribution in [1.29, 1.82) is 0 Å². The SMILES string of the molecule is Cc1cc(/C=N/NC(=O)CC(=O)NC(C)C)c(C)n1-c1ccccc1C(F)(F)F. The molecule has 29 heavy (non-hydrogen) atoms. The second-order valence-corrected chi connectivity index (χ2v) is 6.87. The van der Waals surface area contributed by atoms with E-state index in [2.05, 4.69) is 15.8 Å². The van der Waals surface area contributed by atoms with Gasteiger partial charge in [0.1, 0.15) is 6.42 Å². The van der Waals surface area contributed by atoms with E-state index in [9.17, 15) is 22.8 Å². The van der Waals surface area contributed by atoms with Gasteiger partial charge in [0.05, 0.1) is 17.5 Å². The molecule has 2 amide bonds. The third-order valence-corrected chi connectivity index (χ3v) is 4.08. The van der Waals surface area contributed by atoms with Gasteiger partial charge in [0, 0.05) is 23.0 Å². The molecular formula is C20H23F3N4O2. The molecule has 0 fully saturated rings. The van der Waals surface area contributed by atoms with Crippen LogP contribution in [0.1, 0.15) is 42.8 Å². The molecule has 0 radical (unpaired) electrons. The maximum Gasteiger partial charge on any atom is 0.418 e. The molecule has 0 aliphatic rings. The van der Waals surface area contributed by atoms with E-state index in [1.165, 1.54) is 22.9 Å². The Kier molecular flexibility index (Phi) is 6.84. The summed E-state index contributed by atoms with van der Waals surface area (Å²) >= 11 is 0. The molecule has 1 heterocycles. The Hall–Kier alpha value is -3.10. The molecule has 0 aliphatic heterocycles. The molecule has 0 spiro atoms. The van der Waals surface area contributed by atoms with Crippen LogP contribution in [0, 0.1) is 13.8 Å². The number of amides is 2. The number of hydrogen-bond donors (Lipinski definition) is 2. The number of alkyl halides is 3. The first-order valence-electron chi connectivity index (χ1n) is 8.97. The Morgan fingerprint density at radius 3 is 2.45 bits per heavy atom. The summed E-state index contributed by atoms with van der Waals surface area (Å²) in [6, 6.07) is 6.91. The standard InChI is InChI=1S/C20H23F3N4O2/c1-12(2)25-18(28)10-19(29)26-24-11-15-9-13(3)27(14(15)4)17-8-6-5-7-16(17)20(21,22)23/h5-9,11-12H,10H2,1-4H3,(H,25,28)(H,26,29)/b24-11+. The first-order chi connectivity index (χ1) is 13.5. The highest BCUT2D eigenvalue weighted by Gasteiger charge is 2.34. The molecule has 0 saturated heterocycles. The zero-order chi connectivity index (χ0) is 21.8. The summed E-state index contributed by atoms with van der Waals surface area (Å²) in [6.07, 6.45) is -3.51. The van der Waals surface area contributed by atoms with Gasteiger partial charge in [-0.1, -0.05) is 12.1 Å². The fourth-order valence-electron chi connectivity index (χ4n) is 2.93. The fraction of sp³-hybridized carbons (Fsp3) is 0.350. The quantitative estimate of drug-likeness (QED) is 0.436. The van der Waals surface area contributed by atoms with Gasteiger partial charge in [0.25, 0.3) is 0 Å². The number of hydrazone groups is 1. The summed E-state index contributed by atoms with van der Waals surface area (Å²) < 4.78 is 41.6. The topological polar surface area (TPSA) is 75.5 Å². The van der Waals surface area contributed by atoms with E-state index in [0.717, 1.165) is 6.07 Å². The van der Waals surface area contributed by atoms with Crippen LogP contribution in [0.25, 0.3) is 5.69 Å². The normalized spacial score (nSPS) is 11.9. The van der Waals surface area contributed by atoms with Crippen molar-refractivity contribution in [2.45, 2.75) is 46.3 Å². The maximum absolute atomic E-state index is 13.4. The summed E-state index contributed by atoms with van der Waals surface area (Å²) in [6.45, 7) is 6.91. The lowest BCUT2D eigenvalue weighted by Gasteiger charge is -2.16. The number of nitrogens with zero attached hydrogens (tertiary/aromatic N) is 2. The zero-order valence-electron chi connectivity index (χ0n) is 16.6. The largest absolute Gasteiger partial charge is 0.418 e. The van der Waals surface area contributed by atoms with E-state index in [1.807, 2.05) is 0 Å². The summed E-state index contributed by atoms with van der Waals surface area (Å²) in [5.74, 6) is -1.01. The Labute approximate surface area is 166 Å². The molecule has 0 unspecified atom stereocenters. The second-order valence-electron chi connectivity index (χ2n) is 6.87. The second kappa shape index (κ2) is 8.93. The smallest absolute Gasteiger partial charge is 0.353 e. The Bertz CT molecular complexity index is 930. The number of benzene rings is 1. The summed E-state index contributed by atoms with van der Waals surface area (Å²) in [5.41, 5.74) is 3.19. The van der Waals surface area contributed by atoms with Gasteiger partial charge >= 0.3 is 6.18 Å². The molecule has 2 rings (SSSR count). The van der Waals surface area contributed by atoms with Crippen LogP contribution in [0.2, 0.25) is 0 Å².